The minimum atomic E-state index is 0.112. The fourth-order valence-corrected chi connectivity index (χ4v) is 1.51. The second-order valence-electron chi connectivity index (χ2n) is 3.73. The van der Waals surface area contributed by atoms with Crippen molar-refractivity contribution in [3.63, 3.8) is 0 Å². The molecule has 1 aromatic rings. The standard InChI is InChI=1S/C12H21N3O/c1-3-14-12(16)5-7-13-9-11-6-8-15(4-2)10-11/h6,8,10,13H,3-5,7,9H2,1-2H3,(H,14,16). The van der Waals surface area contributed by atoms with Gasteiger partial charge in [0.1, 0.15) is 0 Å². The molecule has 1 amide bonds. The van der Waals surface area contributed by atoms with Crippen molar-refractivity contribution in [2.75, 3.05) is 13.1 Å². The molecule has 1 heterocycles. The molecule has 0 fully saturated rings. The Hall–Kier alpha value is -1.29. The van der Waals surface area contributed by atoms with Crippen LogP contribution in [-0.2, 0) is 17.9 Å². The van der Waals surface area contributed by atoms with Crippen LogP contribution in [0, 0.1) is 0 Å². The molecule has 1 aromatic heterocycles. The van der Waals surface area contributed by atoms with Crippen LogP contribution < -0.4 is 10.6 Å². The van der Waals surface area contributed by atoms with Crippen molar-refractivity contribution in [3.8, 4) is 0 Å². The fraction of sp³-hybridized carbons (Fsp3) is 0.583. The first-order valence-electron chi connectivity index (χ1n) is 5.88. The highest BCUT2D eigenvalue weighted by molar-refractivity contribution is 5.75. The summed E-state index contributed by atoms with van der Waals surface area (Å²) in [4.78, 5) is 11.1. The molecule has 0 bridgehead atoms. The molecule has 16 heavy (non-hydrogen) atoms. The van der Waals surface area contributed by atoms with Gasteiger partial charge in [0, 0.05) is 45.0 Å². The van der Waals surface area contributed by atoms with E-state index in [2.05, 4.69) is 40.6 Å². The summed E-state index contributed by atoms with van der Waals surface area (Å²) in [5.74, 6) is 0.112. The molecule has 0 aromatic carbocycles. The summed E-state index contributed by atoms with van der Waals surface area (Å²) in [5, 5.41) is 6.03. The summed E-state index contributed by atoms with van der Waals surface area (Å²) in [6.07, 6.45) is 4.74. The number of carbonyl (C=O) groups excluding carboxylic acids is 1. The summed E-state index contributed by atoms with van der Waals surface area (Å²) in [6.45, 7) is 7.30. The minimum Gasteiger partial charge on any atom is -0.356 e. The molecule has 0 aliphatic rings. The summed E-state index contributed by atoms with van der Waals surface area (Å²) < 4.78 is 2.14. The second-order valence-corrected chi connectivity index (χ2v) is 3.73. The number of aryl methyl sites for hydroxylation is 1. The van der Waals surface area contributed by atoms with E-state index < -0.39 is 0 Å². The molecule has 0 atom stereocenters. The first-order chi connectivity index (χ1) is 7.76. The van der Waals surface area contributed by atoms with Gasteiger partial charge in [0.25, 0.3) is 0 Å². The molecule has 0 aliphatic carbocycles. The third-order valence-corrected chi connectivity index (χ3v) is 2.41. The molecule has 4 nitrogen and oxygen atoms in total. The molecule has 1 rings (SSSR count). The average molecular weight is 223 g/mol. The van der Waals surface area contributed by atoms with Crippen molar-refractivity contribution in [3.05, 3.63) is 24.0 Å². The van der Waals surface area contributed by atoms with Gasteiger partial charge in [0.15, 0.2) is 0 Å². The number of aromatic nitrogens is 1. The highest BCUT2D eigenvalue weighted by Crippen LogP contribution is 2.00. The van der Waals surface area contributed by atoms with Crippen LogP contribution in [0.1, 0.15) is 25.8 Å². The highest BCUT2D eigenvalue weighted by atomic mass is 16.1. The first-order valence-corrected chi connectivity index (χ1v) is 5.88. The average Bonchev–Trinajstić information content (AvgIpc) is 2.73. The zero-order valence-corrected chi connectivity index (χ0v) is 10.1. The topological polar surface area (TPSA) is 46.1 Å². The molecular weight excluding hydrogens is 202 g/mol. The van der Waals surface area contributed by atoms with E-state index in [1.165, 1.54) is 5.56 Å². The molecule has 90 valence electrons. The van der Waals surface area contributed by atoms with E-state index in [0.29, 0.717) is 13.0 Å². The van der Waals surface area contributed by atoms with Gasteiger partial charge in [-0.1, -0.05) is 0 Å². The number of hydrogen-bond acceptors (Lipinski definition) is 2. The Bertz CT molecular complexity index is 320. The zero-order valence-electron chi connectivity index (χ0n) is 10.1. The van der Waals surface area contributed by atoms with Gasteiger partial charge < -0.3 is 15.2 Å². The highest BCUT2D eigenvalue weighted by Gasteiger charge is 1.99. The molecule has 2 N–H and O–H groups in total. The van der Waals surface area contributed by atoms with E-state index in [9.17, 15) is 4.79 Å². The Morgan fingerprint density at radius 1 is 1.44 bits per heavy atom. The van der Waals surface area contributed by atoms with Gasteiger partial charge in [0.05, 0.1) is 0 Å². The van der Waals surface area contributed by atoms with Crippen molar-refractivity contribution in [1.82, 2.24) is 15.2 Å². The van der Waals surface area contributed by atoms with Gasteiger partial charge in [-0.2, -0.15) is 0 Å². The van der Waals surface area contributed by atoms with Crippen LogP contribution in [0.2, 0.25) is 0 Å². The summed E-state index contributed by atoms with van der Waals surface area (Å²) in [6, 6.07) is 2.10. The van der Waals surface area contributed by atoms with E-state index in [1.807, 2.05) is 6.92 Å². The lowest BCUT2D eigenvalue weighted by Crippen LogP contribution is -2.27. The SMILES string of the molecule is CCNC(=O)CCNCc1ccn(CC)c1. The van der Waals surface area contributed by atoms with E-state index in [4.69, 9.17) is 0 Å². The molecule has 0 aliphatic heterocycles. The normalized spacial score (nSPS) is 10.4. The maximum absolute atomic E-state index is 11.1. The van der Waals surface area contributed by atoms with E-state index in [-0.39, 0.29) is 5.91 Å². The van der Waals surface area contributed by atoms with Gasteiger partial charge in [-0.15, -0.1) is 0 Å². The summed E-state index contributed by atoms with van der Waals surface area (Å²) >= 11 is 0. The number of amides is 1. The number of nitrogens with zero attached hydrogens (tertiary/aromatic N) is 1. The first kappa shape index (κ1) is 12.8. The monoisotopic (exact) mass is 223 g/mol. The molecule has 0 saturated heterocycles. The minimum absolute atomic E-state index is 0.112. The number of carbonyl (C=O) groups is 1. The number of rotatable bonds is 7. The van der Waals surface area contributed by atoms with Gasteiger partial charge in [-0.25, -0.2) is 0 Å². The molecular formula is C12H21N3O. The van der Waals surface area contributed by atoms with E-state index in [1.54, 1.807) is 0 Å². The molecule has 4 heteroatoms. The van der Waals surface area contributed by atoms with Gasteiger partial charge in [0.2, 0.25) is 5.91 Å². The van der Waals surface area contributed by atoms with Crippen molar-refractivity contribution in [1.29, 1.82) is 0 Å². The van der Waals surface area contributed by atoms with Crippen molar-refractivity contribution in [2.45, 2.75) is 33.4 Å². The molecule has 0 spiro atoms. The van der Waals surface area contributed by atoms with E-state index >= 15 is 0 Å². The molecule has 0 radical (unpaired) electrons. The molecule has 0 unspecified atom stereocenters. The summed E-state index contributed by atoms with van der Waals surface area (Å²) in [5.41, 5.74) is 1.26. The lowest BCUT2D eigenvalue weighted by Gasteiger charge is -2.03. The fourth-order valence-electron chi connectivity index (χ4n) is 1.51. The maximum atomic E-state index is 11.1. The Kier molecular flexibility index (Phi) is 5.64. The lowest BCUT2D eigenvalue weighted by atomic mass is 10.3. The van der Waals surface area contributed by atoms with Crippen LogP contribution in [-0.4, -0.2) is 23.6 Å². The van der Waals surface area contributed by atoms with Gasteiger partial charge >= 0.3 is 0 Å². The molecule has 0 saturated carbocycles. The third-order valence-electron chi connectivity index (χ3n) is 2.41. The van der Waals surface area contributed by atoms with Crippen LogP contribution in [0.3, 0.4) is 0 Å². The van der Waals surface area contributed by atoms with Gasteiger partial charge in [-0.3, -0.25) is 4.79 Å². The predicted octanol–water partition coefficient (Wildman–Crippen LogP) is 1.12. The second kappa shape index (κ2) is 7.06. The third kappa shape index (κ3) is 4.49. The van der Waals surface area contributed by atoms with Crippen LogP contribution in [0.5, 0.6) is 0 Å². The lowest BCUT2D eigenvalue weighted by molar-refractivity contribution is -0.120. The predicted molar refractivity (Wildman–Crippen MR) is 65.1 cm³/mol. The van der Waals surface area contributed by atoms with Gasteiger partial charge in [-0.05, 0) is 25.5 Å². The van der Waals surface area contributed by atoms with Crippen LogP contribution in [0.15, 0.2) is 18.5 Å². The number of nitrogens with one attached hydrogen (secondary N) is 2. The van der Waals surface area contributed by atoms with Crippen LogP contribution in [0.4, 0.5) is 0 Å². The smallest absolute Gasteiger partial charge is 0.221 e. The Morgan fingerprint density at radius 3 is 2.88 bits per heavy atom. The summed E-state index contributed by atoms with van der Waals surface area (Å²) in [7, 11) is 0. The maximum Gasteiger partial charge on any atom is 0.221 e. The van der Waals surface area contributed by atoms with Crippen molar-refractivity contribution in [2.24, 2.45) is 0 Å². The zero-order chi connectivity index (χ0) is 11.8. The number of hydrogen-bond donors (Lipinski definition) is 2. The van der Waals surface area contributed by atoms with Crippen molar-refractivity contribution < 1.29 is 4.79 Å². The van der Waals surface area contributed by atoms with Crippen LogP contribution in [0.25, 0.3) is 0 Å². The Balaban J connectivity index is 2.13. The Morgan fingerprint density at radius 2 is 2.25 bits per heavy atom. The quantitative estimate of drug-likeness (QED) is 0.681. The Labute approximate surface area is 97.0 Å². The van der Waals surface area contributed by atoms with E-state index in [0.717, 1.165) is 19.6 Å². The van der Waals surface area contributed by atoms with Crippen LogP contribution >= 0.6 is 0 Å². The van der Waals surface area contributed by atoms with Crippen molar-refractivity contribution >= 4 is 5.91 Å². The largest absolute Gasteiger partial charge is 0.356 e.